The van der Waals surface area contributed by atoms with E-state index in [1.807, 2.05) is 24.0 Å². The molecule has 250 valence electrons. The molecule has 5 rings (SSSR count). The summed E-state index contributed by atoms with van der Waals surface area (Å²) in [5, 5.41) is 12.5. The van der Waals surface area contributed by atoms with Crippen LogP contribution in [-0.4, -0.2) is 93.9 Å². The van der Waals surface area contributed by atoms with Gasteiger partial charge in [0, 0.05) is 62.2 Å². The van der Waals surface area contributed by atoms with E-state index in [1.54, 1.807) is 24.8 Å². The van der Waals surface area contributed by atoms with Gasteiger partial charge in [-0.25, -0.2) is 18.7 Å². The Balaban J connectivity index is 1.16. The molecule has 3 heterocycles. The minimum absolute atomic E-state index is 0.111. The summed E-state index contributed by atoms with van der Waals surface area (Å²) in [5.74, 6) is -3.51. The molecule has 2 aliphatic heterocycles. The lowest BCUT2D eigenvalue weighted by atomic mass is 9.85. The number of hydrogen-bond acceptors (Lipinski definition) is 7. The zero-order chi connectivity index (χ0) is 33.3. The minimum Gasteiger partial charge on any atom is -0.480 e. The highest BCUT2D eigenvalue weighted by molar-refractivity contribution is 6.31. The van der Waals surface area contributed by atoms with E-state index in [0.29, 0.717) is 59.1 Å². The molecule has 3 atom stereocenters. The Morgan fingerprint density at radius 1 is 1.07 bits per heavy atom. The lowest BCUT2D eigenvalue weighted by Gasteiger charge is -2.32. The first-order chi connectivity index (χ1) is 21.7. The number of halogens is 3. The number of nitrogens with zero attached hydrogens (tertiary/aromatic N) is 5. The maximum atomic E-state index is 13.8. The van der Waals surface area contributed by atoms with Gasteiger partial charge >= 0.3 is 5.97 Å². The van der Waals surface area contributed by atoms with E-state index in [1.165, 1.54) is 6.92 Å². The van der Waals surface area contributed by atoms with Crippen molar-refractivity contribution in [1.29, 1.82) is 0 Å². The summed E-state index contributed by atoms with van der Waals surface area (Å²) in [6.45, 7) is 11.1. The molecule has 13 heteroatoms. The number of anilines is 2. The molecular formula is C33H43ClF2N6O4. The van der Waals surface area contributed by atoms with Gasteiger partial charge in [0.2, 0.25) is 17.8 Å². The molecule has 2 unspecified atom stereocenters. The van der Waals surface area contributed by atoms with Crippen LogP contribution in [0.1, 0.15) is 66.3 Å². The van der Waals surface area contributed by atoms with Crippen LogP contribution in [0.2, 0.25) is 5.02 Å². The highest BCUT2D eigenvalue weighted by Crippen LogP contribution is 2.38. The second kappa shape index (κ2) is 13.8. The van der Waals surface area contributed by atoms with Crippen molar-refractivity contribution in [1.82, 2.24) is 19.8 Å². The third-order valence-corrected chi connectivity index (χ3v) is 10.1. The Labute approximate surface area is 273 Å². The number of alkyl halides is 2. The summed E-state index contributed by atoms with van der Waals surface area (Å²) in [6.07, 6.45) is 0.565. The monoisotopic (exact) mass is 660 g/mol. The van der Waals surface area contributed by atoms with Gasteiger partial charge in [0.15, 0.2) is 0 Å². The fraction of sp³-hybridized carbons (Fsp3) is 0.606. The van der Waals surface area contributed by atoms with E-state index in [0.717, 1.165) is 31.6 Å². The number of hydrogen-bond donors (Lipinski definition) is 2. The Bertz CT molecular complexity index is 1450. The SMILES string of the molecule is Cc1ccc(N(CCCN2CC3CN(C(=O)c4c(C)nc(N[C@H](C)C(=O)O)nc4C)CC3C2)C(=O)C2CCC(F)(F)CC2)cc1Cl. The molecule has 2 amide bonds. The van der Waals surface area contributed by atoms with E-state index in [9.17, 15) is 23.2 Å². The Morgan fingerprint density at radius 2 is 1.67 bits per heavy atom. The minimum atomic E-state index is -2.70. The number of carbonyl (C=O) groups is 3. The van der Waals surface area contributed by atoms with Gasteiger partial charge in [-0.15, -0.1) is 0 Å². The van der Waals surface area contributed by atoms with Crippen LogP contribution in [0.15, 0.2) is 18.2 Å². The van der Waals surface area contributed by atoms with E-state index >= 15 is 0 Å². The highest BCUT2D eigenvalue weighted by Gasteiger charge is 2.42. The zero-order valence-electron chi connectivity index (χ0n) is 26.9. The first-order valence-corrected chi connectivity index (χ1v) is 16.4. The van der Waals surface area contributed by atoms with Crippen LogP contribution in [0, 0.1) is 38.5 Å². The molecule has 3 fully saturated rings. The predicted octanol–water partition coefficient (Wildman–Crippen LogP) is 5.19. The fourth-order valence-electron chi connectivity index (χ4n) is 7.02. The van der Waals surface area contributed by atoms with Gasteiger partial charge in [0.1, 0.15) is 6.04 Å². The number of fused-ring (bicyclic) bond motifs is 1. The van der Waals surface area contributed by atoms with Crippen molar-refractivity contribution in [2.45, 2.75) is 71.8 Å². The van der Waals surface area contributed by atoms with Crippen LogP contribution in [-0.2, 0) is 9.59 Å². The molecule has 1 aromatic carbocycles. The fourth-order valence-corrected chi connectivity index (χ4v) is 7.19. The number of nitrogens with one attached hydrogen (secondary N) is 1. The van der Waals surface area contributed by atoms with Crippen molar-refractivity contribution in [3.05, 3.63) is 45.7 Å². The average Bonchev–Trinajstić information content (AvgIpc) is 3.55. The lowest BCUT2D eigenvalue weighted by molar-refractivity contribution is -0.137. The number of aliphatic carboxylic acids is 1. The quantitative estimate of drug-likeness (QED) is 0.357. The molecule has 1 aliphatic carbocycles. The van der Waals surface area contributed by atoms with E-state index in [2.05, 4.69) is 20.2 Å². The summed E-state index contributed by atoms with van der Waals surface area (Å²) in [4.78, 5) is 53.0. The van der Waals surface area contributed by atoms with Gasteiger partial charge in [-0.3, -0.25) is 14.4 Å². The van der Waals surface area contributed by atoms with Gasteiger partial charge < -0.3 is 25.1 Å². The number of aromatic nitrogens is 2. The molecule has 2 saturated heterocycles. The van der Waals surface area contributed by atoms with Crippen LogP contribution in [0.4, 0.5) is 20.4 Å². The number of carbonyl (C=O) groups excluding carboxylic acids is 2. The van der Waals surface area contributed by atoms with Crippen LogP contribution in [0.25, 0.3) is 0 Å². The van der Waals surface area contributed by atoms with Gasteiger partial charge in [-0.1, -0.05) is 17.7 Å². The molecule has 2 aromatic rings. The number of carboxylic acid groups (broad SMARTS) is 1. The van der Waals surface area contributed by atoms with Gasteiger partial charge in [0.25, 0.3) is 5.91 Å². The molecular weight excluding hydrogens is 618 g/mol. The van der Waals surface area contributed by atoms with Crippen molar-refractivity contribution in [3.8, 4) is 0 Å². The van der Waals surface area contributed by atoms with Crippen molar-refractivity contribution < 1.29 is 28.3 Å². The molecule has 46 heavy (non-hydrogen) atoms. The van der Waals surface area contributed by atoms with Crippen molar-refractivity contribution in [2.75, 3.05) is 49.5 Å². The topological polar surface area (TPSA) is 119 Å². The maximum Gasteiger partial charge on any atom is 0.325 e. The molecule has 1 saturated carbocycles. The lowest BCUT2D eigenvalue weighted by Crippen LogP contribution is -2.41. The molecule has 0 spiro atoms. The van der Waals surface area contributed by atoms with E-state index in [4.69, 9.17) is 16.7 Å². The van der Waals surface area contributed by atoms with Gasteiger partial charge in [0.05, 0.1) is 17.0 Å². The average molecular weight is 661 g/mol. The largest absolute Gasteiger partial charge is 0.480 e. The summed E-state index contributed by atoms with van der Waals surface area (Å²) >= 11 is 6.40. The number of likely N-dealkylation sites (tertiary alicyclic amines) is 2. The Kier molecular flexibility index (Phi) is 10.2. The smallest absolute Gasteiger partial charge is 0.325 e. The number of amides is 2. The molecule has 2 N–H and O–H groups in total. The number of carboxylic acids is 1. The van der Waals surface area contributed by atoms with Gasteiger partial charge in [-0.2, -0.15) is 0 Å². The summed E-state index contributed by atoms with van der Waals surface area (Å²) in [7, 11) is 0. The highest BCUT2D eigenvalue weighted by atomic mass is 35.5. The van der Waals surface area contributed by atoms with Crippen molar-refractivity contribution in [3.63, 3.8) is 0 Å². The Hall–Kier alpha value is -3.38. The molecule has 3 aliphatic rings. The second-order valence-corrected chi connectivity index (χ2v) is 13.6. The summed E-state index contributed by atoms with van der Waals surface area (Å²) < 4.78 is 27.6. The molecule has 10 nitrogen and oxygen atoms in total. The molecule has 1 aromatic heterocycles. The third kappa shape index (κ3) is 7.60. The Morgan fingerprint density at radius 3 is 2.24 bits per heavy atom. The number of rotatable bonds is 10. The summed E-state index contributed by atoms with van der Waals surface area (Å²) in [6, 6.07) is 4.67. The van der Waals surface area contributed by atoms with E-state index < -0.39 is 23.9 Å². The predicted molar refractivity (Wildman–Crippen MR) is 172 cm³/mol. The second-order valence-electron chi connectivity index (χ2n) is 13.2. The first-order valence-electron chi connectivity index (χ1n) is 16.0. The van der Waals surface area contributed by atoms with E-state index in [-0.39, 0.29) is 43.4 Å². The first kappa shape index (κ1) is 34.0. The van der Waals surface area contributed by atoms with Crippen molar-refractivity contribution in [2.24, 2.45) is 17.8 Å². The normalized spacial score (nSPS) is 22.0. The molecule has 0 radical (unpaired) electrons. The third-order valence-electron chi connectivity index (χ3n) is 9.71. The number of aryl methyl sites for hydroxylation is 3. The zero-order valence-corrected chi connectivity index (χ0v) is 27.6. The standard InChI is InChI=1S/C33H43ClF2N6O4/c1-19-6-7-26(14-27(19)34)42(29(43)23-8-10-33(35,36)11-9-23)13-5-12-40-15-24-17-41(18-25(24)16-40)30(44)28-20(2)37-32(38-21(28)3)39-22(4)31(45)46/h6-7,14,22-25H,5,8-13,15-18H2,1-4H3,(H,45,46)(H,37,38,39)/t22-,24?,25?/m1/s1. The molecule has 0 bridgehead atoms. The maximum absolute atomic E-state index is 13.8. The van der Waals surface area contributed by atoms with Crippen LogP contribution < -0.4 is 10.2 Å². The van der Waals surface area contributed by atoms with Crippen LogP contribution in [0.3, 0.4) is 0 Å². The van der Waals surface area contributed by atoms with Crippen molar-refractivity contribution >= 4 is 41.0 Å². The summed E-state index contributed by atoms with van der Waals surface area (Å²) in [5.41, 5.74) is 3.07. The van der Waals surface area contributed by atoms with Crippen LogP contribution >= 0.6 is 11.6 Å². The van der Waals surface area contributed by atoms with Crippen LogP contribution in [0.5, 0.6) is 0 Å². The van der Waals surface area contributed by atoms with Gasteiger partial charge in [-0.05, 0) is 83.0 Å². The number of benzene rings is 1.